The highest BCUT2D eigenvalue weighted by atomic mass is 16.1. The molecule has 2 heteroatoms. The average Bonchev–Trinajstić information content (AvgIpc) is 2.99. The molecular weight excluding hydrogens is 186 g/mol. The molecule has 0 aromatic rings. The second-order valence-corrected chi connectivity index (χ2v) is 5.95. The monoisotopic (exact) mass is 207 g/mol. The van der Waals surface area contributed by atoms with Gasteiger partial charge in [0.25, 0.3) is 0 Å². The molecule has 1 heterocycles. The molecule has 3 fully saturated rings. The van der Waals surface area contributed by atoms with Crippen LogP contribution in [0.2, 0.25) is 0 Å². The minimum absolute atomic E-state index is 0.468. The molecule has 0 aromatic carbocycles. The summed E-state index contributed by atoms with van der Waals surface area (Å²) >= 11 is 0. The summed E-state index contributed by atoms with van der Waals surface area (Å²) in [5.41, 5.74) is 0.703. The Kier molecular flexibility index (Phi) is 2.17. The van der Waals surface area contributed by atoms with Crippen molar-refractivity contribution >= 4 is 5.78 Å². The molecule has 0 amide bonds. The van der Waals surface area contributed by atoms with E-state index in [0.29, 0.717) is 17.2 Å². The number of nitrogens with zero attached hydrogens (tertiary/aromatic N) is 1. The summed E-state index contributed by atoms with van der Waals surface area (Å²) in [7, 11) is 0. The minimum atomic E-state index is 0.468. The number of likely N-dealkylation sites (tertiary alicyclic amines) is 1. The van der Waals surface area contributed by atoms with Crippen LogP contribution in [0.1, 0.15) is 45.4 Å². The van der Waals surface area contributed by atoms with Crippen molar-refractivity contribution in [1.82, 2.24) is 4.90 Å². The summed E-state index contributed by atoms with van der Waals surface area (Å²) in [6.45, 7) is 4.53. The number of rotatable bonds is 3. The Bertz CT molecular complexity index is 278. The SMILES string of the molecule is CC1CC(=O)CCN1CC1(C2CC2)CC1. The van der Waals surface area contributed by atoms with Gasteiger partial charge < -0.3 is 0 Å². The fraction of sp³-hybridized carbons (Fsp3) is 0.923. The maximum atomic E-state index is 11.3. The lowest BCUT2D eigenvalue weighted by Crippen LogP contribution is -2.44. The fourth-order valence-electron chi connectivity index (χ4n) is 3.24. The standard InChI is InChI=1S/C13H21NO/c1-10-8-12(15)4-7-14(10)9-13(5-6-13)11-2-3-11/h10-11H,2-9H2,1H3. The van der Waals surface area contributed by atoms with E-state index in [9.17, 15) is 4.79 Å². The number of piperidine rings is 1. The molecule has 2 aliphatic carbocycles. The maximum Gasteiger partial charge on any atom is 0.135 e. The van der Waals surface area contributed by atoms with Crippen LogP contribution < -0.4 is 0 Å². The van der Waals surface area contributed by atoms with Crippen LogP contribution in [0.3, 0.4) is 0 Å². The van der Waals surface area contributed by atoms with Gasteiger partial charge in [0.2, 0.25) is 0 Å². The van der Waals surface area contributed by atoms with Crippen molar-refractivity contribution in [1.29, 1.82) is 0 Å². The van der Waals surface area contributed by atoms with E-state index in [1.807, 2.05) is 0 Å². The molecule has 1 unspecified atom stereocenters. The van der Waals surface area contributed by atoms with Crippen molar-refractivity contribution in [2.45, 2.75) is 51.5 Å². The molecule has 3 aliphatic rings. The largest absolute Gasteiger partial charge is 0.300 e. The average molecular weight is 207 g/mol. The molecule has 0 aromatic heterocycles. The van der Waals surface area contributed by atoms with Gasteiger partial charge >= 0.3 is 0 Å². The number of Topliss-reactive ketones (excluding diaryl/α,β-unsaturated/α-hetero) is 1. The molecule has 1 atom stereocenters. The Morgan fingerprint density at radius 2 is 2.13 bits per heavy atom. The molecule has 3 rings (SSSR count). The zero-order chi connectivity index (χ0) is 10.5. The van der Waals surface area contributed by atoms with E-state index in [1.54, 1.807) is 0 Å². The van der Waals surface area contributed by atoms with Crippen molar-refractivity contribution < 1.29 is 4.79 Å². The fourth-order valence-corrected chi connectivity index (χ4v) is 3.24. The van der Waals surface area contributed by atoms with Gasteiger partial charge in [-0.25, -0.2) is 0 Å². The number of carbonyl (C=O) groups excluding carboxylic acids is 1. The van der Waals surface area contributed by atoms with Crippen molar-refractivity contribution in [3.63, 3.8) is 0 Å². The third-order valence-electron chi connectivity index (χ3n) is 4.68. The highest BCUT2D eigenvalue weighted by Gasteiger charge is 2.54. The first kappa shape index (κ1) is 9.83. The van der Waals surface area contributed by atoms with Crippen LogP contribution in [0, 0.1) is 11.3 Å². The Labute approximate surface area is 92.0 Å². The summed E-state index contributed by atoms with van der Waals surface area (Å²) in [5.74, 6) is 1.51. The normalized spacial score (nSPS) is 35.5. The molecule has 0 spiro atoms. The second kappa shape index (κ2) is 3.31. The van der Waals surface area contributed by atoms with Gasteiger partial charge in [0, 0.05) is 32.0 Å². The summed E-state index contributed by atoms with van der Waals surface area (Å²) in [4.78, 5) is 13.9. The smallest absolute Gasteiger partial charge is 0.135 e. The topological polar surface area (TPSA) is 20.3 Å². The van der Waals surface area contributed by atoms with Gasteiger partial charge in [0.1, 0.15) is 5.78 Å². The number of hydrogen-bond acceptors (Lipinski definition) is 2. The first-order chi connectivity index (χ1) is 7.20. The number of carbonyl (C=O) groups is 1. The number of hydrogen-bond donors (Lipinski definition) is 0. The molecule has 0 bridgehead atoms. The first-order valence-electron chi connectivity index (χ1n) is 6.45. The van der Waals surface area contributed by atoms with Crippen LogP contribution in [0.15, 0.2) is 0 Å². The van der Waals surface area contributed by atoms with Crippen molar-refractivity contribution in [3.05, 3.63) is 0 Å². The van der Waals surface area contributed by atoms with Crippen molar-refractivity contribution in [3.8, 4) is 0 Å². The van der Waals surface area contributed by atoms with Gasteiger partial charge in [0.15, 0.2) is 0 Å². The van der Waals surface area contributed by atoms with Crippen LogP contribution in [0.5, 0.6) is 0 Å². The Morgan fingerprint density at radius 1 is 1.40 bits per heavy atom. The summed E-state index contributed by atoms with van der Waals surface area (Å²) in [5, 5.41) is 0. The molecule has 15 heavy (non-hydrogen) atoms. The van der Waals surface area contributed by atoms with Crippen LogP contribution in [0.25, 0.3) is 0 Å². The quantitative estimate of drug-likeness (QED) is 0.707. The molecular formula is C13H21NO. The van der Waals surface area contributed by atoms with Crippen LogP contribution in [-0.2, 0) is 4.79 Å². The highest BCUT2D eigenvalue weighted by Crippen LogP contribution is 2.61. The third kappa shape index (κ3) is 1.84. The van der Waals surface area contributed by atoms with Gasteiger partial charge in [-0.05, 0) is 43.9 Å². The zero-order valence-corrected chi connectivity index (χ0v) is 9.67. The lowest BCUT2D eigenvalue weighted by molar-refractivity contribution is -0.123. The zero-order valence-electron chi connectivity index (χ0n) is 9.67. The summed E-state index contributed by atoms with van der Waals surface area (Å²) in [6, 6.07) is 0.502. The summed E-state index contributed by atoms with van der Waals surface area (Å²) in [6.07, 6.45) is 7.44. The highest BCUT2D eigenvalue weighted by molar-refractivity contribution is 5.79. The Morgan fingerprint density at radius 3 is 2.67 bits per heavy atom. The van der Waals surface area contributed by atoms with Gasteiger partial charge in [0.05, 0.1) is 0 Å². The molecule has 1 saturated heterocycles. The van der Waals surface area contributed by atoms with Crippen LogP contribution in [-0.4, -0.2) is 29.8 Å². The maximum absolute atomic E-state index is 11.3. The molecule has 1 aliphatic heterocycles. The van der Waals surface area contributed by atoms with Gasteiger partial charge in [-0.1, -0.05) is 0 Å². The van der Waals surface area contributed by atoms with E-state index in [0.717, 1.165) is 25.3 Å². The number of ketones is 1. The van der Waals surface area contributed by atoms with Crippen LogP contribution >= 0.6 is 0 Å². The summed E-state index contributed by atoms with van der Waals surface area (Å²) < 4.78 is 0. The lowest BCUT2D eigenvalue weighted by Gasteiger charge is -2.35. The molecule has 0 N–H and O–H groups in total. The van der Waals surface area contributed by atoms with Gasteiger partial charge in [-0.15, -0.1) is 0 Å². The lowest BCUT2D eigenvalue weighted by atomic mass is 9.95. The molecule has 84 valence electrons. The predicted octanol–water partition coefficient (Wildman–Crippen LogP) is 2.23. The van der Waals surface area contributed by atoms with E-state index >= 15 is 0 Å². The minimum Gasteiger partial charge on any atom is -0.300 e. The van der Waals surface area contributed by atoms with E-state index in [4.69, 9.17) is 0 Å². The first-order valence-corrected chi connectivity index (χ1v) is 6.45. The van der Waals surface area contributed by atoms with E-state index < -0.39 is 0 Å². The Balaban J connectivity index is 1.60. The third-order valence-corrected chi connectivity index (χ3v) is 4.68. The van der Waals surface area contributed by atoms with E-state index in [2.05, 4.69) is 11.8 Å². The van der Waals surface area contributed by atoms with Crippen LogP contribution in [0.4, 0.5) is 0 Å². The molecule has 2 nitrogen and oxygen atoms in total. The van der Waals surface area contributed by atoms with E-state index in [1.165, 1.54) is 32.2 Å². The van der Waals surface area contributed by atoms with E-state index in [-0.39, 0.29) is 0 Å². The van der Waals surface area contributed by atoms with Crippen molar-refractivity contribution in [2.24, 2.45) is 11.3 Å². The predicted molar refractivity (Wildman–Crippen MR) is 59.7 cm³/mol. The Hall–Kier alpha value is -0.370. The molecule has 2 saturated carbocycles. The molecule has 0 radical (unpaired) electrons. The van der Waals surface area contributed by atoms with Gasteiger partial charge in [-0.2, -0.15) is 0 Å². The van der Waals surface area contributed by atoms with Crippen molar-refractivity contribution in [2.75, 3.05) is 13.1 Å². The second-order valence-electron chi connectivity index (χ2n) is 5.95. The van der Waals surface area contributed by atoms with Gasteiger partial charge in [-0.3, -0.25) is 9.69 Å².